The summed E-state index contributed by atoms with van der Waals surface area (Å²) in [5.41, 5.74) is 1.89. The molecule has 1 aliphatic heterocycles. The Balaban J connectivity index is 1.73. The van der Waals surface area contributed by atoms with E-state index in [2.05, 4.69) is 15.2 Å². The van der Waals surface area contributed by atoms with Gasteiger partial charge in [0.1, 0.15) is 16.1 Å². The van der Waals surface area contributed by atoms with Crippen LogP contribution in [0.5, 0.6) is 0 Å². The summed E-state index contributed by atoms with van der Waals surface area (Å²) < 4.78 is 5.54. The molecule has 2 aromatic rings. The van der Waals surface area contributed by atoms with Gasteiger partial charge < -0.3 is 15.0 Å². The van der Waals surface area contributed by atoms with E-state index >= 15 is 0 Å². The molecule has 0 spiro atoms. The Hall–Kier alpha value is -1.76. The first-order chi connectivity index (χ1) is 10.6. The number of aromatic nitrogens is 1. The van der Waals surface area contributed by atoms with E-state index in [0.717, 1.165) is 27.8 Å². The minimum absolute atomic E-state index is 0.0992. The number of benzene rings is 1. The SMILES string of the molecule is Cc1nc(-c2ccccc2)sc1NC(=O)[C@@H]1CN(C)CCO1. The zero-order valence-electron chi connectivity index (χ0n) is 12.7. The van der Waals surface area contributed by atoms with E-state index in [1.807, 2.05) is 44.3 Å². The van der Waals surface area contributed by atoms with Crippen LogP contribution in [0, 0.1) is 6.92 Å². The molecular formula is C16H19N3O2S. The first-order valence-electron chi connectivity index (χ1n) is 7.27. The number of thiazole rings is 1. The number of carbonyl (C=O) groups excluding carboxylic acids is 1. The Morgan fingerprint density at radius 1 is 1.41 bits per heavy atom. The van der Waals surface area contributed by atoms with Gasteiger partial charge in [-0.05, 0) is 14.0 Å². The maximum absolute atomic E-state index is 12.3. The number of anilines is 1. The molecule has 0 saturated carbocycles. The molecule has 1 N–H and O–H groups in total. The van der Waals surface area contributed by atoms with E-state index in [0.29, 0.717) is 13.2 Å². The highest BCUT2D eigenvalue weighted by Crippen LogP contribution is 2.31. The van der Waals surface area contributed by atoms with Crippen LogP contribution < -0.4 is 5.32 Å². The molecule has 1 aromatic carbocycles. The number of hydrogen-bond acceptors (Lipinski definition) is 5. The molecule has 1 atom stereocenters. The third-order valence-corrected chi connectivity index (χ3v) is 4.74. The average molecular weight is 317 g/mol. The lowest BCUT2D eigenvalue weighted by Crippen LogP contribution is -2.46. The maximum Gasteiger partial charge on any atom is 0.255 e. The summed E-state index contributed by atoms with van der Waals surface area (Å²) in [5.74, 6) is -0.0992. The zero-order valence-corrected chi connectivity index (χ0v) is 13.5. The highest BCUT2D eigenvalue weighted by molar-refractivity contribution is 7.19. The average Bonchev–Trinajstić information content (AvgIpc) is 2.89. The van der Waals surface area contributed by atoms with Crippen molar-refractivity contribution in [1.29, 1.82) is 0 Å². The Kier molecular flexibility index (Phi) is 4.52. The topological polar surface area (TPSA) is 54.5 Å². The second-order valence-corrected chi connectivity index (χ2v) is 6.41. The molecule has 6 heteroatoms. The van der Waals surface area contributed by atoms with E-state index in [4.69, 9.17) is 4.74 Å². The van der Waals surface area contributed by atoms with E-state index in [-0.39, 0.29) is 5.91 Å². The van der Waals surface area contributed by atoms with Crippen molar-refractivity contribution in [3.63, 3.8) is 0 Å². The summed E-state index contributed by atoms with van der Waals surface area (Å²) in [6, 6.07) is 9.97. The molecule has 3 rings (SSSR count). The van der Waals surface area contributed by atoms with Gasteiger partial charge in [0, 0.05) is 18.7 Å². The molecule has 1 aromatic heterocycles. The van der Waals surface area contributed by atoms with Gasteiger partial charge in [0.15, 0.2) is 0 Å². The summed E-state index contributed by atoms with van der Waals surface area (Å²) in [7, 11) is 1.99. The second-order valence-electron chi connectivity index (χ2n) is 5.41. The number of morpholine rings is 1. The van der Waals surface area contributed by atoms with Crippen LogP contribution in [0.3, 0.4) is 0 Å². The number of nitrogens with zero attached hydrogens (tertiary/aromatic N) is 2. The number of ether oxygens (including phenoxy) is 1. The molecule has 1 amide bonds. The molecule has 1 aliphatic rings. The zero-order chi connectivity index (χ0) is 15.5. The van der Waals surface area contributed by atoms with Crippen molar-refractivity contribution in [2.24, 2.45) is 0 Å². The summed E-state index contributed by atoms with van der Waals surface area (Å²) in [5, 5.41) is 4.66. The number of hydrogen-bond donors (Lipinski definition) is 1. The molecule has 5 nitrogen and oxygen atoms in total. The van der Waals surface area contributed by atoms with Crippen molar-refractivity contribution >= 4 is 22.2 Å². The minimum Gasteiger partial charge on any atom is -0.366 e. The number of aryl methyl sites for hydroxylation is 1. The molecule has 0 aliphatic carbocycles. The fourth-order valence-electron chi connectivity index (χ4n) is 2.35. The van der Waals surface area contributed by atoms with Gasteiger partial charge in [-0.2, -0.15) is 0 Å². The summed E-state index contributed by atoms with van der Waals surface area (Å²) >= 11 is 1.49. The number of amides is 1. The number of rotatable bonds is 3. The first-order valence-corrected chi connectivity index (χ1v) is 8.09. The first kappa shape index (κ1) is 15.1. The van der Waals surface area contributed by atoms with Crippen molar-refractivity contribution in [1.82, 2.24) is 9.88 Å². The van der Waals surface area contributed by atoms with Gasteiger partial charge >= 0.3 is 0 Å². The molecule has 0 bridgehead atoms. The maximum atomic E-state index is 12.3. The Morgan fingerprint density at radius 3 is 2.91 bits per heavy atom. The predicted molar refractivity (Wildman–Crippen MR) is 88.2 cm³/mol. The van der Waals surface area contributed by atoms with Crippen LogP contribution in [-0.2, 0) is 9.53 Å². The smallest absolute Gasteiger partial charge is 0.255 e. The van der Waals surface area contributed by atoms with Gasteiger partial charge in [-0.15, -0.1) is 0 Å². The van der Waals surface area contributed by atoms with E-state index in [1.54, 1.807) is 0 Å². The van der Waals surface area contributed by atoms with E-state index < -0.39 is 6.10 Å². The van der Waals surface area contributed by atoms with Crippen LogP contribution in [0.25, 0.3) is 10.6 Å². The second kappa shape index (κ2) is 6.56. The quantitative estimate of drug-likeness (QED) is 0.944. The third-order valence-electron chi connectivity index (χ3n) is 3.62. The van der Waals surface area contributed by atoms with Crippen LogP contribution in [-0.4, -0.2) is 48.6 Å². The van der Waals surface area contributed by atoms with Crippen LogP contribution in [0.1, 0.15) is 5.69 Å². The molecule has 0 unspecified atom stereocenters. The van der Waals surface area contributed by atoms with Crippen molar-refractivity contribution in [3.05, 3.63) is 36.0 Å². The van der Waals surface area contributed by atoms with Crippen LogP contribution in [0.2, 0.25) is 0 Å². The van der Waals surface area contributed by atoms with Crippen LogP contribution >= 0.6 is 11.3 Å². The highest BCUT2D eigenvalue weighted by Gasteiger charge is 2.25. The highest BCUT2D eigenvalue weighted by atomic mass is 32.1. The number of nitrogens with one attached hydrogen (secondary N) is 1. The van der Waals surface area contributed by atoms with Gasteiger partial charge in [-0.3, -0.25) is 4.79 Å². The summed E-state index contributed by atoms with van der Waals surface area (Å²) in [4.78, 5) is 19.0. The molecule has 22 heavy (non-hydrogen) atoms. The molecular weight excluding hydrogens is 298 g/mol. The Morgan fingerprint density at radius 2 is 2.18 bits per heavy atom. The van der Waals surface area contributed by atoms with Crippen LogP contribution in [0.15, 0.2) is 30.3 Å². The molecule has 2 heterocycles. The van der Waals surface area contributed by atoms with E-state index in [9.17, 15) is 4.79 Å². The standard InChI is InChI=1S/C16H19N3O2S/c1-11-15(18-14(20)13-10-19(2)8-9-21-13)22-16(17-11)12-6-4-3-5-7-12/h3-7,13H,8-10H2,1-2H3,(H,18,20)/t13-/m0/s1. The van der Waals surface area contributed by atoms with Gasteiger partial charge in [0.2, 0.25) is 0 Å². The van der Waals surface area contributed by atoms with Crippen LogP contribution in [0.4, 0.5) is 5.00 Å². The fourth-order valence-corrected chi connectivity index (χ4v) is 3.32. The summed E-state index contributed by atoms with van der Waals surface area (Å²) in [6.45, 7) is 3.98. The minimum atomic E-state index is -0.416. The molecule has 0 radical (unpaired) electrons. The largest absolute Gasteiger partial charge is 0.366 e. The third kappa shape index (κ3) is 3.35. The monoisotopic (exact) mass is 317 g/mol. The molecule has 1 fully saturated rings. The molecule has 116 valence electrons. The van der Waals surface area contributed by atoms with E-state index in [1.165, 1.54) is 11.3 Å². The van der Waals surface area contributed by atoms with Crippen molar-refractivity contribution in [3.8, 4) is 10.6 Å². The van der Waals surface area contributed by atoms with Gasteiger partial charge in [0.05, 0.1) is 12.3 Å². The van der Waals surface area contributed by atoms with Crippen molar-refractivity contribution in [2.45, 2.75) is 13.0 Å². The lowest BCUT2D eigenvalue weighted by atomic mass is 10.2. The van der Waals surface area contributed by atoms with Crippen molar-refractivity contribution < 1.29 is 9.53 Å². The van der Waals surface area contributed by atoms with Crippen molar-refractivity contribution in [2.75, 3.05) is 32.1 Å². The molecule has 1 saturated heterocycles. The normalized spacial score (nSPS) is 19.1. The van der Waals surface area contributed by atoms with Gasteiger partial charge in [0.25, 0.3) is 5.91 Å². The van der Waals surface area contributed by atoms with Gasteiger partial charge in [-0.1, -0.05) is 41.7 Å². The Labute approximate surface area is 133 Å². The fraction of sp³-hybridized carbons (Fsp3) is 0.375. The lowest BCUT2D eigenvalue weighted by molar-refractivity contribution is -0.132. The summed E-state index contributed by atoms with van der Waals surface area (Å²) in [6.07, 6.45) is -0.416. The predicted octanol–water partition coefficient (Wildman–Crippen LogP) is 2.39. The number of likely N-dealkylation sites (N-methyl/N-ethyl adjacent to an activating group) is 1. The van der Waals surface area contributed by atoms with Gasteiger partial charge in [-0.25, -0.2) is 4.98 Å². The Bertz CT molecular complexity index is 657. The number of carbonyl (C=O) groups is 1. The lowest BCUT2D eigenvalue weighted by Gasteiger charge is -2.28.